The highest BCUT2D eigenvalue weighted by atomic mass is 19.2. The van der Waals surface area contributed by atoms with Crippen molar-refractivity contribution in [3.05, 3.63) is 59.2 Å². The van der Waals surface area contributed by atoms with Crippen molar-refractivity contribution in [2.75, 3.05) is 13.3 Å². The fourth-order valence-corrected chi connectivity index (χ4v) is 3.33. The normalized spacial score (nSPS) is 21.6. The molecule has 1 N–H and O–H groups in total. The van der Waals surface area contributed by atoms with Crippen LogP contribution in [0.15, 0.2) is 36.4 Å². The van der Waals surface area contributed by atoms with Crippen LogP contribution in [0.25, 0.3) is 0 Å². The number of benzene rings is 2. The summed E-state index contributed by atoms with van der Waals surface area (Å²) in [5.74, 6) is -1.45. The van der Waals surface area contributed by atoms with Crippen LogP contribution in [0, 0.1) is 11.6 Å². The Balaban J connectivity index is 1.69. The van der Waals surface area contributed by atoms with E-state index in [1.807, 2.05) is 0 Å². The summed E-state index contributed by atoms with van der Waals surface area (Å²) in [6.45, 7) is 0.141. The highest BCUT2D eigenvalue weighted by Crippen LogP contribution is 2.39. The van der Waals surface area contributed by atoms with E-state index < -0.39 is 23.8 Å². The Morgan fingerprint density at radius 3 is 2.80 bits per heavy atom. The van der Waals surface area contributed by atoms with E-state index in [-0.39, 0.29) is 25.7 Å². The van der Waals surface area contributed by atoms with Gasteiger partial charge >= 0.3 is 0 Å². The molecule has 2 heterocycles. The zero-order valence-corrected chi connectivity index (χ0v) is 13.1. The van der Waals surface area contributed by atoms with Gasteiger partial charge in [-0.2, -0.15) is 0 Å². The fourth-order valence-electron chi connectivity index (χ4n) is 3.33. The number of amides is 1. The number of carbonyl (C=O) groups is 1. The number of para-hydroxylation sites is 1. The molecule has 130 valence electrons. The van der Waals surface area contributed by atoms with Crippen molar-refractivity contribution in [1.82, 2.24) is 4.90 Å². The third kappa shape index (κ3) is 2.70. The van der Waals surface area contributed by atoms with E-state index in [0.717, 1.165) is 12.1 Å². The van der Waals surface area contributed by atoms with Crippen molar-refractivity contribution >= 4 is 5.91 Å². The number of carbonyl (C=O) groups excluding carboxylic acids is 1. The lowest BCUT2D eigenvalue weighted by Gasteiger charge is -2.25. The minimum atomic E-state index is -0.983. The maximum atomic E-state index is 13.6. The predicted molar refractivity (Wildman–Crippen MR) is 83.3 cm³/mol. The van der Waals surface area contributed by atoms with Gasteiger partial charge in [-0.15, -0.1) is 0 Å². The smallest absolute Gasteiger partial charge is 0.258 e. The van der Waals surface area contributed by atoms with Crippen LogP contribution in [0.2, 0.25) is 0 Å². The molecule has 4 rings (SSSR count). The average Bonchev–Trinajstić information content (AvgIpc) is 3.22. The maximum absolute atomic E-state index is 13.6. The lowest BCUT2D eigenvalue weighted by molar-refractivity contribution is 0.0711. The van der Waals surface area contributed by atoms with Gasteiger partial charge in [0.1, 0.15) is 0 Å². The number of likely N-dealkylation sites (tertiary alicyclic amines) is 1. The first-order chi connectivity index (χ1) is 12.0. The molecule has 2 aromatic rings. The highest BCUT2D eigenvalue weighted by molar-refractivity contribution is 5.98. The number of fused-ring (bicyclic) bond motifs is 1. The molecule has 0 bridgehead atoms. The predicted octanol–water partition coefficient (Wildman–Crippen LogP) is 2.64. The Bertz CT molecular complexity index is 842. The van der Waals surface area contributed by atoms with Crippen molar-refractivity contribution in [2.24, 2.45) is 0 Å². The summed E-state index contributed by atoms with van der Waals surface area (Å²) in [5, 5.41) is 10.0. The molecule has 0 aromatic heterocycles. The molecule has 0 spiro atoms. The van der Waals surface area contributed by atoms with E-state index in [4.69, 9.17) is 9.47 Å². The largest absolute Gasteiger partial charge is 0.454 e. The molecule has 25 heavy (non-hydrogen) atoms. The second kappa shape index (κ2) is 6.00. The number of β-amino-alcohol motifs (C(OH)–C–C–N with tert-alkyl or cyclic N) is 1. The zero-order valence-electron chi connectivity index (χ0n) is 13.1. The molecule has 0 saturated carbocycles. The van der Waals surface area contributed by atoms with Gasteiger partial charge in [-0.1, -0.05) is 12.1 Å². The van der Waals surface area contributed by atoms with E-state index >= 15 is 0 Å². The van der Waals surface area contributed by atoms with Crippen molar-refractivity contribution < 1.29 is 28.2 Å². The number of aliphatic hydroxyl groups is 1. The van der Waals surface area contributed by atoms with Crippen molar-refractivity contribution in [3.63, 3.8) is 0 Å². The molecule has 0 unspecified atom stereocenters. The van der Waals surface area contributed by atoms with Crippen molar-refractivity contribution in [3.8, 4) is 11.5 Å². The van der Waals surface area contributed by atoms with Crippen LogP contribution >= 0.6 is 0 Å². The van der Waals surface area contributed by atoms with Gasteiger partial charge in [-0.3, -0.25) is 4.79 Å². The first-order valence-corrected chi connectivity index (χ1v) is 7.87. The summed E-state index contributed by atoms with van der Waals surface area (Å²) in [6.07, 6.45) is -0.487. The Kier molecular flexibility index (Phi) is 3.80. The van der Waals surface area contributed by atoms with Gasteiger partial charge in [0.15, 0.2) is 23.1 Å². The van der Waals surface area contributed by atoms with E-state index in [2.05, 4.69) is 0 Å². The number of halogens is 2. The van der Waals surface area contributed by atoms with Crippen LogP contribution in [-0.4, -0.2) is 35.4 Å². The Hall–Kier alpha value is -2.67. The molecule has 2 atom stereocenters. The second-order valence-corrected chi connectivity index (χ2v) is 6.08. The van der Waals surface area contributed by atoms with E-state index in [9.17, 15) is 18.7 Å². The van der Waals surface area contributed by atoms with Gasteiger partial charge in [0.2, 0.25) is 6.79 Å². The lowest BCUT2D eigenvalue weighted by atomic mass is 10.0. The minimum Gasteiger partial charge on any atom is -0.454 e. The number of hydrogen-bond acceptors (Lipinski definition) is 4. The summed E-state index contributed by atoms with van der Waals surface area (Å²) < 4.78 is 37.4. The number of nitrogens with zero attached hydrogens (tertiary/aromatic N) is 1. The first-order valence-electron chi connectivity index (χ1n) is 7.87. The molecule has 0 radical (unpaired) electrons. The summed E-state index contributed by atoms with van der Waals surface area (Å²) in [4.78, 5) is 14.5. The van der Waals surface area contributed by atoms with Gasteiger partial charge in [0.05, 0.1) is 17.7 Å². The van der Waals surface area contributed by atoms with Gasteiger partial charge in [0, 0.05) is 6.54 Å². The van der Waals surface area contributed by atoms with Gasteiger partial charge in [-0.05, 0) is 36.2 Å². The minimum absolute atomic E-state index is 0.0366. The SMILES string of the molecule is O=C(c1cccc2c1OCO2)N1C[C@@H](O)C[C@@H]1c1ccc(F)c(F)c1. The van der Waals surface area contributed by atoms with Gasteiger partial charge in [-0.25, -0.2) is 8.78 Å². The monoisotopic (exact) mass is 347 g/mol. The van der Waals surface area contributed by atoms with Crippen LogP contribution in [0.1, 0.15) is 28.4 Å². The lowest BCUT2D eigenvalue weighted by Crippen LogP contribution is -2.32. The zero-order chi connectivity index (χ0) is 17.6. The van der Waals surface area contributed by atoms with Gasteiger partial charge in [0.25, 0.3) is 5.91 Å². The van der Waals surface area contributed by atoms with Crippen LogP contribution in [-0.2, 0) is 0 Å². The third-order valence-electron chi connectivity index (χ3n) is 4.50. The first kappa shape index (κ1) is 15.8. The van der Waals surface area contributed by atoms with Gasteiger partial charge < -0.3 is 19.5 Å². The Morgan fingerprint density at radius 2 is 2.00 bits per heavy atom. The molecular formula is C18H15F2NO4. The molecule has 0 aliphatic carbocycles. The second-order valence-electron chi connectivity index (χ2n) is 6.08. The Labute approximate surface area is 142 Å². The maximum Gasteiger partial charge on any atom is 0.258 e. The van der Waals surface area contributed by atoms with E-state index in [1.165, 1.54) is 11.0 Å². The van der Waals surface area contributed by atoms with Crippen LogP contribution in [0.5, 0.6) is 11.5 Å². The molecule has 1 fully saturated rings. The van der Waals surface area contributed by atoms with E-state index in [0.29, 0.717) is 22.6 Å². The van der Waals surface area contributed by atoms with Crippen molar-refractivity contribution in [2.45, 2.75) is 18.6 Å². The number of hydrogen-bond donors (Lipinski definition) is 1. The van der Waals surface area contributed by atoms with Crippen molar-refractivity contribution in [1.29, 1.82) is 0 Å². The molecular weight excluding hydrogens is 332 g/mol. The average molecular weight is 347 g/mol. The fraction of sp³-hybridized carbons (Fsp3) is 0.278. The number of aliphatic hydroxyl groups excluding tert-OH is 1. The molecule has 7 heteroatoms. The van der Waals surface area contributed by atoms with Crippen LogP contribution in [0.4, 0.5) is 8.78 Å². The summed E-state index contributed by atoms with van der Waals surface area (Å²) in [7, 11) is 0. The molecule has 2 aromatic carbocycles. The molecule has 1 saturated heterocycles. The number of rotatable bonds is 2. The Morgan fingerprint density at radius 1 is 1.16 bits per heavy atom. The molecule has 5 nitrogen and oxygen atoms in total. The summed E-state index contributed by atoms with van der Waals surface area (Å²) in [6, 6.07) is 7.96. The third-order valence-corrected chi connectivity index (χ3v) is 4.50. The standard InChI is InChI=1S/C18H15F2NO4/c19-13-5-4-10(6-14(13)20)15-7-11(22)8-21(15)18(23)12-2-1-3-16-17(12)25-9-24-16/h1-6,11,15,22H,7-9H2/t11-,15+/m0/s1. The molecule has 1 amide bonds. The molecule has 2 aliphatic heterocycles. The molecule has 2 aliphatic rings. The number of ether oxygens (including phenoxy) is 2. The van der Waals surface area contributed by atoms with Crippen LogP contribution in [0.3, 0.4) is 0 Å². The summed E-state index contributed by atoms with van der Waals surface area (Å²) >= 11 is 0. The quantitative estimate of drug-likeness (QED) is 0.907. The summed E-state index contributed by atoms with van der Waals surface area (Å²) in [5.41, 5.74) is 0.755. The topological polar surface area (TPSA) is 59.0 Å². The highest BCUT2D eigenvalue weighted by Gasteiger charge is 2.37. The van der Waals surface area contributed by atoms with Crippen LogP contribution < -0.4 is 9.47 Å². The van der Waals surface area contributed by atoms with E-state index in [1.54, 1.807) is 18.2 Å².